The van der Waals surface area contributed by atoms with Crippen LogP contribution in [-0.4, -0.2) is 36.3 Å². The molecule has 0 aliphatic carbocycles. The molecule has 0 spiro atoms. The fraction of sp³-hybridized carbons (Fsp3) is 1.00. The lowest BCUT2D eigenvalue weighted by Gasteiger charge is -2.30. The molecule has 0 aromatic carbocycles. The summed E-state index contributed by atoms with van der Waals surface area (Å²) in [6.07, 6.45) is 4.44. The van der Waals surface area contributed by atoms with Crippen LogP contribution in [0.3, 0.4) is 0 Å². The Bertz CT molecular complexity index is 200. The Balaban J connectivity index is 1.72. The van der Waals surface area contributed by atoms with E-state index >= 15 is 0 Å². The molecule has 4 atom stereocenters. The molecule has 0 radical (unpaired) electrons. The molecule has 4 unspecified atom stereocenters. The third kappa shape index (κ3) is 3.11. The topological polar surface area (TPSA) is 21.3 Å². The highest BCUT2D eigenvalue weighted by molar-refractivity contribution is 7.99. The van der Waals surface area contributed by atoms with Crippen molar-refractivity contribution in [1.82, 2.24) is 5.32 Å². The first-order valence-electron chi connectivity index (χ1n) is 6.24. The van der Waals surface area contributed by atoms with E-state index in [4.69, 9.17) is 4.74 Å². The maximum absolute atomic E-state index is 5.59. The molecule has 0 bridgehead atoms. The molecule has 2 rings (SSSR count). The molecule has 2 aliphatic heterocycles. The van der Waals surface area contributed by atoms with Crippen LogP contribution in [0.1, 0.15) is 33.1 Å². The first-order chi connectivity index (χ1) is 7.27. The number of ether oxygens (including phenoxy) is 1. The van der Waals surface area contributed by atoms with E-state index in [-0.39, 0.29) is 0 Å². The van der Waals surface area contributed by atoms with Gasteiger partial charge in [0.1, 0.15) is 0 Å². The Labute approximate surface area is 97.5 Å². The van der Waals surface area contributed by atoms with Gasteiger partial charge in [-0.1, -0.05) is 6.92 Å². The van der Waals surface area contributed by atoms with E-state index < -0.39 is 0 Å². The van der Waals surface area contributed by atoms with Gasteiger partial charge in [-0.3, -0.25) is 0 Å². The average molecular weight is 229 g/mol. The van der Waals surface area contributed by atoms with Crippen LogP contribution in [0.15, 0.2) is 0 Å². The summed E-state index contributed by atoms with van der Waals surface area (Å²) >= 11 is 2.12. The Kier molecular flexibility index (Phi) is 4.35. The van der Waals surface area contributed by atoms with E-state index in [0.29, 0.717) is 6.10 Å². The molecule has 2 nitrogen and oxygen atoms in total. The minimum Gasteiger partial charge on any atom is -0.378 e. The summed E-state index contributed by atoms with van der Waals surface area (Å²) in [6.45, 7) is 6.67. The summed E-state index contributed by atoms with van der Waals surface area (Å²) in [7, 11) is 0. The first-order valence-corrected chi connectivity index (χ1v) is 7.29. The van der Waals surface area contributed by atoms with Gasteiger partial charge in [0.25, 0.3) is 0 Å². The van der Waals surface area contributed by atoms with Crippen LogP contribution in [0.25, 0.3) is 0 Å². The normalized spacial score (nSPS) is 42.0. The monoisotopic (exact) mass is 229 g/mol. The molecule has 88 valence electrons. The maximum atomic E-state index is 5.59. The summed E-state index contributed by atoms with van der Waals surface area (Å²) in [5.41, 5.74) is 0. The summed E-state index contributed by atoms with van der Waals surface area (Å²) in [6, 6.07) is 0.733. The minimum absolute atomic E-state index is 0.462. The number of thioether (sulfide) groups is 1. The Morgan fingerprint density at radius 1 is 1.33 bits per heavy atom. The van der Waals surface area contributed by atoms with Crippen molar-refractivity contribution >= 4 is 11.8 Å². The predicted octanol–water partition coefficient (Wildman–Crippen LogP) is 2.29. The number of hydrogen-bond donors (Lipinski definition) is 1. The number of hydrogen-bond acceptors (Lipinski definition) is 3. The zero-order chi connectivity index (χ0) is 10.7. The smallest absolute Gasteiger partial charge is 0.0588 e. The molecule has 15 heavy (non-hydrogen) atoms. The first kappa shape index (κ1) is 11.7. The van der Waals surface area contributed by atoms with Crippen molar-refractivity contribution in [2.45, 2.75) is 50.5 Å². The standard InChI is InChI=1S/C12H23NOS/c1-9-11(5-6-14-9)8-13-12-4-3-7-15-10(12)2/h9-13H,3-8H2,1-2H3. The minimum atomic E-state index is 0.462. The lowest BCUT2D eigenvalue weighted by molar-refractivity contribution is 0.104. The largest absolute Gasteiger partial charge is 0.378 e. The summed E-state index contributed by atoms with van der Waals surface area (Å²) in [5.74, 6) is 2.09. The molecule has 3 heteroatoms. The average Bonchev–Trinajstić information content (AvgIpc) is 2.63. The summed E-state index contributed by atoms with van der Waals surface area (Å²) in [5, 5.41) is 4.53. The van der Waals surface area contributed by atoms with Crippen LogP contribution >= 0.6 is 11.8 Å². The van der Waals surface area contributed by atoms with Crippen molar-refractivity contribution in [3.8, 4) is 0 Å². The number of rotatable bonds is 3. The fourth-order valence-corrected chi connectivity index (χ4v) is 3.71. The van der Waals surface area contributed by atoms with E-state index in [1.54, 1.807) is 0 Å². The molecular weight excluding hydrogens is 206 g/mol. The second-order valence-corrected chi connectivity index (χ2v) is 6.34. The van der Waals surface area contributed by atoms with E-state index in [9.17, 15) is 0 Å². The molecule has 0 aromatic heterocycles. The van der Waals surface area contributed by atoms with Crippen LogP contribution in [0, 0.1) is 5.92 Å². The third-order valence-corrected chi connectivity index (χ3v) is 5.16. The fourth-order valence-electron chi connectivity index (χ4n) is 2.54. The van der Waals surface area contributed by atoms with Crippen LogP contribution in [0.5, 0.6) is 0 Å². The second kappa shape index (κ2) is 5.55. The molecule has 2 fully saturated rings. The Morgan fingerprint density at radius 2 is 2.20 bits per heavy atom. The van der Waals surface area contributed by atoms with Crippen molar-refractivity contribution in [3.05, 3.63) is 0 Å². The highest BCUT2D eigenvalue weighted by Gasteiger charge is 2.27. The van der Waals surface area contributed by atoms with Gasteiger partial charge in [0, 0.05) is 24.4 Å². The van der Waals surface area contributed by atoms with E-state index in [2.05, 4.69) is 30.9 Å². The van der Waals surface area contributed by atoms with Crippen molar-refractivity contribution in [2.24, 2.45) is 5.92 Å². The van der Waals surface area contributed by atoms with Crippen LogP contribution in [0.2, 0.25) is 0 Å². The van der Waals surface area contributed by atoms with Gasteiger partial charge >= 0.3 is 0 Å². The third-order valence-electron chi connectivity index (χ3n) is 3.78. The van der Waals surface area contributed by atoms with Crippen molar-refractivity contribution in [3.63, 3.8) is 0 Å². The van der Waals surface area contributed by atoms with Gasteiger partial charge in [-0.05, 0) is 37.9 Å². The maximum Gasteiger partial charge on any atom is 0.0588 e. The highest BCUT2D eigenvalue weighted by atomic mass is 32.2. The van der Waals surface area contributed by atoms with Crippen molar-refractivity contribution < 1.29 is 4.74 Å². The van der Waals surface area contributed by atoms with Crippen LogP contribution < -0.4 is 5.32 Å². The quantitative estimate of drug-likeness (QED) is 0.802. The lowest BCUT2D eigenvalue weighted by Crippen LogP contribution is -2.42. The van der Waals surface area contributed by atoms with Gasteiger partial charge in [-0.25, -0.2) is 0 Å². The van der Waals surface area contributed by atoms with Gasteiger partial charge in [-0.15, -0.1) is 0 Å². The Hall–Kier alpha value is 0.270. The van der Waals surface area contributed by atoms with Crippen LogP contribution in [-0.2, 0) is 4.74 Å². The van der Waals surface area contributed by atoms with Crippen molar-refractivity contribution in [1.29, 1.82) is 0 Å². The molecule has 2 heterocycles. The molecule has 1 N–H and O–H groups in total. The zero-order valence-electron chi connectivity index (χ0n) is 9.87. The molecule has 0 amide bonds. The van der Waals surface area contributed by atoms with E-state index in [1.807, 2.05) is 0 Å². The highest BCUT2D eigenvalue weighted by Crippen LogP contribution is 2.26. The molecular formula is C12H23NOS. The molecule has 0 saturated carbocycles. The van der Waals surface area contributed by atoms with Crippen molar-refractivity contribution in [2.75, 3.05) is 18.9 Å². The molecule has 2 aliphatic rings. The van der Waals surface area contributed by atoms with Gasteiger partial charge in [0.2, 0.25) is 0 Å². The SMILES string of the molecule is CC1OCCC1CNC1CCCSC1C. The van der Waals surface area contributed by atoms with E-state index in [1.165, 1.54) is 25.0 Å². The van der Waals surface area contributed by atoms with Gasteiger partial charge < -0.3 is 10.1 Å². The van der Waals surface area contributed by atoms with Crippen LogP contribution in [0.4, 0.5) is 0 Å². The van der Waals surface area contributed by atoms with Gasteiger partial charge in [-0.2, -0.15) is 11.8 Å². The van der Waals surface area contributed by atoms with Gasteiger partial charge in [0.15, 0.2) is 0 Å². The molecule has 2 saturated heterocycles. The lowest BCUT2D eigenvalue weighted by atomic mass is 10.0. The predicted molar refractivity (Wildman–Crippen MR) is 66.5 cm³/mol. The van der Waals surface area contributed by atoms with Gasteiger partial charge in [0.05, 0.1) is 6.10 Å². The second-order valence-electron chi connectivity index (χ2n) is 4.86. The summed E-state index contributed by atoms with van der Waals surface area (Å²) in [4.78, 5) is 0. The summed E-state index contributed by atoms with van der Waals surface area (Å²) < 4.78 is 5.59. The van der Waals surface area contributed by atoms with E-state index in [0.717, 1.165) is 30.4 Å². The molecule has 0 aromatic rings. The Morgan fingerprint density at radius 3 is 2.87 bits per heavy atom. The zero-order valence-corrected chi connectivity index (χ0v) is 10.7. The number of nitrogens with one attached hydrogen (secondary N) is 1.